The zero-order valence-electron chi connectivity index (χ0n) is 18.6. The first kappa shape index (κ1) is 21.8. The normalized spacial score (nSPS) is 15.7. The Morgan fingerprint density at radius 3 is 2.24 bits per heavy atom. The number of carbonyl (C=O) groups is 3. The first-order chi connectivity index (χ1) is 16.5. The molecule has 0 bridgehead atoms. The molecule has 1 fully saturated rings. The highest BCUT2D eigenvalue weighted by molar-refractivity contribution is 6.21. The van der Waals surface area contributed by atoms with E-state index in [1.54, 1.807) is 64.3 Å². The molecule has 0 aliphatic carbocycles. The van der Waals surface area contributed by atoms with Crippen LogP contribution < -0.4 is 4.90 Å². The van der Waals surface area contributed by atoms with Gasteiger partial charge in [-0.2, -0.15) is 0 Å². The van der Waals surface area contributed by atoms with Crippen LogP contribution in [0.5, 0.6) is 0 Å². The minimum Gasteiger partial charge on any atom is -0.339 e. The van der Waals surface area contributed by atoms with Crippen LogP contribution in [0, 0.1) is 5.82 Å². The molecule has 0 radical (unpaired) electrons. The number of rotatable bonds is 6. The molecule has 174 valence electrons. The molecular formula is C25H24FN5O3. The van der Waals surface area contributed by atoms with Gasteiger partial charge >= 0.3 is 0 Å². The fraction of sp³-hybridized carbons (Fsp3) is 0.280. The van der Waals surface area contributed by atoms with E-state index in [-0.39, 0.29) is 36.5 Å². The van der Waals surface area contributed by atoms with Crippen molar-refractivity contribution in [3.8, 4) is 5.69 Å². The molecular weight excluding hydrogens is 437 g/mol. The quantitative estimate of drug-likeness (QED) is 0.528. The van der Waals surface area contributed by atoms with Gasteiger partial charge in [0.2, 0.25) is 11.9 Å². The van der Waals surface area contributed by atoms with Crippen molar-refractivity contribution in [1.82, 2.24) is 19.4 Å². The van der Waals surface area contributed by atoms with Gasteiger partial charge in [-0.1, -0.05) is 24.3 Å². The molecule has 2 aromatic carbocycles. The number of nitrogens with zero attached hydrogens (tertiary/aromatic N) is 5. The highest BCUT2D eigenvalue weighted by atomic mass is 19.1. The summed E-state index contributed by atoms with van der Waals surface area (Å²) in [6.07, 6.45) is 4.04. The summed E-state index contributed by atoms with van der Waals surface area (Å²) in [6, 6.07) is 13.3. The zero-order chi connectivity index (χ0) is 23.7. The average Bonchev–Trinajstić information content (AvgIpc) is 3.44. The molecule has 2 aliphatic rings. The van der Waals surface area contributed by atoms with E-state index >= 15 is 0 Å². The summed E-state index contributed by atoms with van der Waals surface area (Å²) in [5, 5.41) is 0. The number of imide groups is 1. The van der Waals surface area contributed by atoms with Gasteiger partial charge in [0.1, 0.15) is 5.82 Å². The van der Waals surface area contributed by atoms with Crippen LogP contribution in [0.2, 0.25) is 0 Å². The number of hydrogen-bond acceptors (Lipinski definition) is 5. The van der Waals surface area contributed by atoms with Gasteiger partial charge in [0.15, 0.2) is 0 Å². The van der Waals surface area contributed by atoms with E-state index in [2.05, 4.69) is 4.98 Å². The molecule has 0 atom stereocenters. The summed E-state index contributed by atoms with van der Waals surface area (Å²) >= 11 is 0. The molecule has 1 aromatic heterocycles. The lowest BCUT2D eigenvalue weighted by molar-refractivity contribution is -0.131. The number of hydrogen-bond donors (Lipinski definition) is 0. The van der Waals surface area contributed by atoms with Crippen molar-refractivity contribution in [3.05, 3.63) is 77.9 Å². The van der Waals surface area contributed by atoms with Crippen LogP contribution >= 0.6 is 0 Å². The van der Waals surface area contributed by atoms with E-state index in [4.69, 9.17) is 0 Å². The van der Waals surface area contributed by atoms with Gasteiger partial charge in [-0.15, -0.1) is 0 Å². The van der Waals surface area contributed by atoms with Crippen molar-refractivity contribution in [1.29, 1.82) is 0 Å². The molecule has 3 amide bonds. The number of amides is 3. The van der Waals surface area contributed by atoms with Crippen molar-refractivity contribution in [2.75, 3.05) is 37.6 Å². The third-order valence-corrected chi connectivity index (χ3v) is 6.30. The van der Waals surface area contributed by atoms with Gasteiger partial charge in [-0.3, -0.25) is 23.9 Å². The molecule has 8 nitrogen and oxygen atoms in total. The summed E-state index contributed by atoms with van der Waals surface area (Å²) in [6.45, 7) is 2.43. The van der Waals surface area contributed by atoms with Gasteiger partial charge in [0.25, 0.3) is 11.8 Å². The Balaban J connectivity index is 1.14. The van der Waals surface area contributed by atoms with Crippen LogP contribution in [0.25, 0.3) is 5.69 Å². The smallest absolute Gasteiger partial charge is 0.261 e. The van der Waals surface area contributed by atoms with Gasteiger partial charge < -0.3 is 9.80 Å². The van der Waals surface area contributed by atoms with Crippen LogP contribution in [0.1, 0.15) is 33.6 Å². The Hall–Kier alpha value is -4.01. The molecule has 1 saturated heterocycles. The second-order valence-corrected chi connectivity index (χ2v) is 8.33. The van der Waals surface area contributed by atoms with Crippen molar-refractivity contribution in [2.45, 2.75) is 12.8 Å². The number of benzene rings is 2. The molecule has 3 heterocycles. The monoisotopic (exact) mass is 461 g/mol. The second-order valence-electron chi connectivity index (χ2n) is 8.33. The predicted molar refractivity (Wildman–Crippen MR) is 123 cm³/mol. The maximum Gasteiger partial charge on any atom is 0.261 e. The number of fused-ring (bicyclic) bond motifs is 1. The number of aromatic nitrogens is 2. The Morgan fingerprint density at radius 1 is 0.912 bits per heavy atom. The van der Waals surface area contributed by atoms with Gasteiger partial charge in [0.05, 0.1) is 16.8 Å². The van der Waals surface area contributed by atoms with E-state index in [1.807, 2.05) is 4.90 Å². The molecule has 3 aromatic rings. The Bertz CT molecular complexity index is 1210. The maximum absolute atomic E-state index is 14.3. The van der Waals surface area contributed by atoms with Crippen molar-refractivity contribution in [2.24, 2.45) is 0 Å². The summed E-state index contributed by atoms with van der Waals surface area (Å²) < 4.78 is 16.0. The second kappa shape index (κ2) is 9.09. The number of carbonyl (C=O) groups excluding carboxylic acids is 3. The summed E-state index contributed by atoms with van der Waals surface area (Å²) in [5.74, 6) is -0.288. The lowest BCUT2D eigenvalue weighted by Crippen LogP contribution is -2.49. The molecule has 9 heteroatoms. The van der Waals surface area contributed by atoms with Crippen molar-refractivity contribution in [3.63, 3.8) is 0 Å². The number of imidazole rings is 1. The predicted octanol–water partition coefficient (Wildman–Crippen LogP) is 2.74. The molecule has 0 unspecified atom stereocenters. The molecule has 0 spiro atoms. The Labute approximate surface area is 196 Å². The van der Waals surface area contributed by atoms with Gasteiger partial charge in [0, 0.05) is 51.5 Å². The summed E-state index contributed by atoms with van der Waals surface area (Å²) in [4.78, 5) is 47.1. The van der Waals surface area contributed by atoms with E-state index in [9.17, 15) is 18.8 Å². The summed E-state index contributed by atoms with van der Waals surface area (Å²) in [5.41, 5.74) is 1.27. The first-order valence-electron chi connectivity index (χ1n) is 11.3. The van der Waals surface area contributed by atoms with Gasteiger partial charge in [-0.25, -0.2) is 9.37 Å². The standard InChI is InChI=1S/C25H24FN5O3/c26-20-8-3-4-9-21(20)30-13-11-27-25(30)29-16-14-28(15-17-29)22(32)10-5-12-31-23(33)18-6-1-2-7-19(18)24(31)34/h1-4,6-9,11,13H,5,10,12,14-17H2. The highest BCUT2D eigenvalue weighted by Gasteiger charge is 2.34. The van der Waals surface area contributed by atoms with Crippen LogP contribution in [0.4, 0.5) is 10.3 Å². The minimum absolute atomic E-state index is 0.00583. The van der Waals surface area contributed by atoms with E-state index < -0.39 is 0 Å². The molecule has 0 N–H and O–H groups in total. The third-order valence-electron chi connectivity index (χ3n) is 6.30. The number of para-hydroxylation sites is 1. The van der Waals surface area contributed by atoms with E-state index in [0.29, 0.717) is 55.4 Å². The lowest BCUT2D eigenvalue weighted by atomic mass is 10.1. The molecule has 34 heavy (non-hydrogen) atoms. The van der Waals surface area contributed by atoms with Crippen molar-refractivity contribution >= 4 is 23.7 Å². The summed E-state index contributed by atoms with van der Waals surface area (Å²) in [7, 11) is 0. The van der Waals surface area contributed by atoms with E-state index in [1.165, 1.54) is 11.0 Å². The van der Waals surface area contributed by atoms with Gasteiger partial charge in [-0.05, 0) is 30.7 Å². The highest BCUT2D eigenvalue weighted by Crippen LogP contribution is 2.24. The fourth-order valence-corrected chi connectivity index (χ4v) is 4.51. The largest absolute Gasteiger partial charge is 0.339 e. The van der Waals surface area contributed by atoms with E-state index in [0.717, 1.165) is 0 Å². The van der Waals surface area contributed by atoms with Crippen LogP contribution in [0.15, 0.2) is 60.9 Å². The maximum atomic E-state index is 14.3. The van der Waals surface area contributed by atoms with Crippen LogP contribution in [-0.4, -0.2) is 69.8 Å². The fourth-order valence-electron chi connectivity index (χ4n) is 4.51. The minimum atomic E-state index is -0.325. The molecule has 5 rings (SSSR count). The zero-order valence-corrected chi connectivity index (χ0v) is 18.6. The topological polar surface area (TPSA) is 78.8 Å². The Morgan fingerprint density at radius 2 is 1.56 bits per heavy atom. The van der Waals surface area contributed by atoms with Crippen molar-refractivity contribution < 1.29 is 18.8 Å². The van der Waals surface area contributed by atoms with Crippen LogP contribution in [-0.2, 0) is 4.79 Å². The lowest BCUT2D eigenvalue weighted by Gasteiger charge is -2.35. The average molecular weight is 461 g/mol. The molecule has 0 saturated carbocycles. The number of piperazine rings is 1. The third kappa shape index (κ3) is 3.93. The first-order valence-corrected chi connectivity index (χ1v) is 11.3. The Kier molecular flexibility index (Phi) is 5.83. The molecule has 2 aliphatic heterocycles. The van der Waals surface area contributed by atoms with Crippen LogP contribution in [0.3, 0.4) is 0 Å². The number of anilines is 1. The number of halogens is 1. The SMILES string of the molecule is O=C(CCCN1C(=O)c2ccccc2C1=O)N1CCN(c2nccn2-c2ccccc2F)CC1.